The van der Waals surface area contributed by atoms with Crippen LogP contribution in [-0.4, -0.2) is 34.2 Å². The molecule has 0 aliphatic carbocycles. The third-order valence-corrected chi connectivity index (χ3v) is 4.24. The number of hydrogen-bond acceptors (Lipinski definition) is 4. The topological polar surface area (TPSA) is 80.0 Å². The number of nitrogens with zero attached hydrogens (tertiary/aromatic N) is 1. The second-order valence-electron chi connectivity index (χ2n) is 6.79. The lowest BCUT2D eigenvalue weighted by Gasteiger charge is -2.29. The summed E-state index contributed by atoms with van der Waals surface area (Å²) < 4.78 is 11.9. The molecule has 1 aliphatic rings. The fourth-order valence-corrected chi connectivity index (χ4v) is 3.24. The van der Waals surface area contributed by atoms with Gasteiger partial charge in [0.1, 0.15) is 22.5 Å². The van der Waals surface area contributed by atoms with Crippen LogP contribution in [0.1, 0.15) is 42.5 Å². The molecular formula is C17H18BrNO5. The zero-order valence-corrected chi connectivity index (χ0v) is 15.3. The highest BCUT2D eigenvalue weighted by Crippen LogP contribution is 2.35. The Hall–Kier alpha value is -2.02. The second-order valence-corrected chi connectivity index (χ2v) is 7.71. The van der Waals surface area contributed by atoms with Crippen molar-refractivity contribution in [3.05, 3.63) is 33.5 Å². The molecule has 0 saturated heterocycles. The summed E-state index contributed by atoms with van der Waals surface area (Å²) in [5, 5.41) is 10.1. The van der Waals surface area contributed by atoms with Gasteiger partial charge >= 0.3 is 12.1 Å². The summed E-state index contributed by atoms with van der Waals surface area (Å²) in [6.07, 6.45) is 0.149. The van der Waals surface area contributed by atoms with Crippen molar-refractivity contribution in [2.24, 2.45) is 0 Å². The predicted molar refractivity (Wildman–Crippen MR) is 91.2 cm³/mol. The van der Waals surface area contributed by atoms with Crippen LogP contribution in [-0.2, 0) is 17.7 Å². The lowest BCUT2D eigenvalue weighted by atomic mass is 10.0. The van der Waals surface area contributed by atoms with Gasteiger partial charge in [-0.2, -0.15) is 0 Å². The van der Waals surface area contributed by atoms with Crippen LogP contribution in [0.3, 0.4) is 0 Å². The summed E-state index contributed by atoms with van der Waals surface area (Å²) in [7, 11) is 0. The summed E-state index contributed by atoms with van der Waals surface area (Å²) in [6.45, 7) is 6.29. The quantitative estimate of drug-likeness (QED) is 0.782. The van der Waals surface area contributed by atoms with E-state index in [2.05, 4.69) is 15.9 Å². The van der Waals surface area contributed by atoms with E-state index in [1.807, 2.05) is 26.8 Å². The number of furan rings is 1. The number of halogens is 1. The Morgan fingerprint density at radius 1 is 1.33 bits per heavy atom. The molecule has 1 aliphatic heterocycles. The zero-order chi connectivity index (χ0) is 17.6. The normalized spacial score (nSPS) is 14.6. The molecule has 0 spiro atoms. The molecule has 2 aromatic rings. The minimum atomic E-state index is -1.05. The third-order valence-electron chi connectivity index (χ3n) is 3.78. The summed E-state index contributed by atoms with van der Waals surface area (Å²) in [5.74, 6) is -0.318. The van der Waals surface area contributed by atoms with E-state index in [9.17, 15) is 14.7 Å². The number of amides is 1. The van der Waals surface area contributed by atoms with Gasteiger partial charge in [-0.3, -0.25) is 0 Å². The number of carbonyl (C=O) groups excluding carboxylic acids is 1. The molecule has 0 unspecified atom stereocenters. The molecule has 0 bridgehead atoms. The smallest absolute Gasteiger partial charge is 0.410 e. The van der Waals surface area contributed by atoms with Crippen molar-refractivity contribution in [3.63, 3.8) is 0 Å². The van der Waals surface area contributed by atoms with E-state index in [0.717, 1.165) is 11.3 Å². The van der Waals surface area contributed by atoms with Crippen LogP contribution >= 0.6 is 15.9 Å². The summed E-state index contributed by atoms with van der Waals surface area (Å²) in [4.78, 5) is 25.4. The number of carbonyl (C=O) groups is 2. The van der Waals surface area contributed by atoms with Crippen molar-refractivity contribution in [1.82, 2.24) is 4.90 Å². The molecule has 6 nitrogen and oxygen atoms in total. The zero-order valence-electron chi connectivity index (χ0n) is 13.7. The fraction of sp³-hybridized carbons (Fsp3) is 0.412. The van der Waals surface area contributed by atoms with Gasteiger partial charge in [0.05, 0.1) is 6.54 Å². The Morgan fingerprint density at radius 3 is 2.67 bits per heavy atom. The van der Waals surface area contributed by atoms with Crippen LogP contribution in [0.2, 0.25) is 0 Å². The molecule has 1 amide bonds. The van der Waals surface area contributed by atoms with Crippen molar-refractivity contribution in [3.8, 4) is 0 Å². The van der Waals surface area contributed by atoms with E-state index in [1.165, 1.54) is 6.07 Å². The van der Waals surface area contributed by atoms with Crippen LogP contribution in [0.4, 0.5) is 4.79 Å². The highest BCUT2D eigenvalue weighted by Gasteiger charge is 2.30. The van der Waals surface area contributed by atoms with Crippen LogP contribution in [0.15, 0.2) is 21.0 Å². The Kier molecular flexibility index (Phi) is 4.07. The molecule has 24 heavy (non-hydrogen) atoms. The first-order chi connectivity index (χ1) is 11.2. The number of benzene rings is 1. The molecule has 1 aromatic heterocycles. The molecule has 0 saturated carbocycles. The van der Waals surface area contributed by atoms with Gasteiger partial charge in [0.2, 0.25) is 0 Å². The first-order valence-corrected chi connectivity index (χ1v) is 8.40. The van der Waals surface area contributed by atoms with E-state index >= 15 is 0 Å². The SMILES string of the molecule is CC(C)(C)OC(=O)N1CCc2oc3c(C(=O)O)cc(Br)cc3c2C1. The monoisotopic (exact) mass is 395 g/mol. The molecule has 1 aromatic carbocycles. The van der Waals surface area contributed by atoms with Gasteiger partial charge in [0.15, 0.2) is 0 Å². The number of aromatic carboxylic acids is 1. The molecule has 3 rings (SSSR count). The van der Waals surface area contributed by atoms with E-state index in [4.69, 9.17) is 9.15 Å². The number of hydrogen-bond donors (Lipinski definition) is 1. The maximum atomic E-state index is 12.3. The van der Waals surface area contributed by atoms with Crippen molar-refractivity contribution in [1.29, 1.82) is 0 Å². The summed E-state index contributed by atoms with van der Waals surface area (Å²) in [5.41, 5.74) is 0.736. The Labute approximate surface area is 147 Å². The van der Waals surface area contributed by atoms with Gasteiger partial charge in [-0.15, -0.1) is 0 Å². The standard InChI is InChI=1S/C17H18BrNO5/c1-17(2,3)24-16(22)19-5-4-13-12(8-19)10-6-9(18)7-11(15(20)21)14(10)23-13/h6-7H,4-5,8H2,1-3H3,(H,20,21). The number of carboxylic acid groups (broad SMARTS) is 1. The van der Waals surface area contributed by atoms with Crippen molar-refractivity contribution < 1.29 is 23.8 Å². The van der Waals surface area contributed by atoms with Crippen LogP contribution in [0.5, 0.6) is 0 Å². The van der Waals surface area contributed by atoms with Crippen molar-refractivity contribution >= 4 is 39.0 Å². The molecule has 0 atom stereocenters. The number of ether oxygens (including phenoxy) is 1. The lowest BCUT2D eigenvalue weighted by molar-refractivity contribution is 0.0220. The van der Waals surface area contributed by atoms with Gasteiger partial charge in [-0.1, -0.05) is 15.9 Å². The van der Waals surface area contributed by atoms with Gasteiger partial charge in [0, 0.05) is 28.4 Å². The minimum Gasteiger partial charge on any atom is -0.478 e. The maximum Gasteiger partial charge on any atom is 0.410 e. The molecule has 7 heteroatoms. The van der Waals surface area contributed by atoms with Gasteiger partial charge in [0.25, 0.3) is 0 Å². The van der Waals surface area contributed by atoms with Crippen LogP contribution in [0.25, 0.3) is 11.0 Å². The van der Waals surface area contributed by atoms with Gasteiger partial charge in [-0.05, 0) is 32.9 Å². The first kappa shape index (κ1) is 16.8. The molecule has 0 radical (unpaired) electrons. The maximum absolute atomic E-state index is 12.3. The first-order valence-electron chi connectivity index (χ1n) is 7.61. The van der Waals surface area contributed by atoms with E-state index in [-0.39, 0.29) is 11.7 Å². The lowest BCUT2D eigenvalue weighted by Crippen LogP contribution is -2.39. The molecule has 1 N–H and O–H groups in total. The Balaban J connectivity index is 1.99. The van der Waals surface area contributed by atoms with E-state index < -0.39 is 11.6 Å². The van der Waals surface area contributed by atoms with Gasteiger partial charge in [-0.25, -0.2) is 9.59 Å². The number of rotatable bonds is 1. The second kappa shape index (κ2) is 5.81. The molecule has 0 fully saturated rings. The van der Waals surface area contributed by atoms with Crippen molar-refractivity contribution in [2.75, 3.05) is 6.54 Å². The Morgan fingerprint density at radius 2 is 2.04 bits per heavy atom. The van der Waals surface area contributed by atoms with Crippen LogP contribution < -0.4 is 0 Å². The van der Waals surface area contributed by atoms with E-state index in [0.29, 0.717) is 35.0 Å². The fourth-order valence-electron chi connectivity index (χ4n) is 2.79. The minimum absolute atomic E-state index is 0.109. The average molecular weight is 396 g/mol. The third kappa shape index (κ3) is 3.13. The molecule has 2 heterocycles. The number of carboxylic acids is 1. The number of fused-ring (bicyclic) bond motifs is 3. The summed E-state index contributed by atoms with van der Waals surface area (Å²) >= 11 is 3.34. The molecule has 128 valence electrons. The van der Waals surface area contributed by atoms with Crippen LogP contribution in [0, 0.1) is 0 Å². The summed E-state index contributed by atoms with van der Waals surface area (Å²) in [6, 6.07) is 3.34. The highest BCUT2D eigenvalue weighted by atomic mass is 79.9. The van der Waals surface area contributed by atoms with E-state index in [1.54, 1.807) is 4.90 Å². The van der Waals surface area contributed by atoms with Gasteiger partial charge < -0.3 is 19.2 Å². The predicted octanol–water partition coefficient (Wildman–Crippen LogP) is 4.19. The molecular weight excluding hydrogens is 378 g/mol. The Bertz CT molecular complexity index is 834. The highest BCUT2D eigenvalue weighted by molar-refractivity contribution is 9.10. The largest absolute Gasteiger partial charge is 0.478 e. The van der Waals surface area contributed by atoms with Crippen molar-refractivity contribution in [2.45, 2.75) is 39.3 Å². The average Bonchev–Trinajstić information content (AvgIpc) is 2.82.